The summed E-state index contributed by atoms with van der Waals surface area (Å²) in [6.45, 7) is 2.81. The SMILES string of the molecule is CCC(C#N)NCCc1ccn(C)n1. The van der Waals surface area contributed by atoms with E-state index >= 15 is 0 Å². The van der Waals surface area contributed by atoms with Crippen LogP contribution in [0.4, 0.5) is 0 Å². The molecule has 0 saturated heterocycles. The Hall–Kier alpha value is -1.34. The second kappa shape index (κ2) is 5.40. The van der Waals surface area contributed by atoms with E-state index in [4.69, 9.17) is 5.26 Å². The van der Waals surface area contributed by atoms with Crippen molar-refractivity contribution in [1.29, 1.82) is 5.26 Å². The molecule has 0 aromatic carbocycles. The number of nitrogens with one attached hydrogen (secondary N) is 1. The Balaban J connectivity index is 2.25. The highest BCUT2D eigenvalue weighted by molar-refractivity contribution is 4.99. The zero-order chi connectivity index (χ0) is 10.4. The van der Waals surface area contributed by atoms with Gasteiger partial charge in [0.15, 0.2) is 0 Å². The molecule has 0 aliphatic rings. The predicted octanol–water partition coefficient (Wildman–Crippen LogP) is 0.854. The Bertz CT molecular complexity index is 310. The van der Waals surface area contributed by atoms with Crippen LogP contribution in [0.5, 0.6) is 0 Å². The van der Waals surface area contributed by atoms with E-state index in [0.717, 1.165) is 25.1 Å². The van der Waals surface area contributed by atoms with E-state index in [1.54, 1.807) is 4.68 Å². The van der Waals surface area contributed by atoms with Gasteiger partial charge in [-0.05, 0) is 12.5 Å². The van der Waals surface area contributed by atoms with Crippen molar-refractivity contribution in [2.75, 3.05) is 6.54 Å². The first-order valence-corrected chi connectivity index (χ1v) is 4.87. The Labute approximate surface area is 84.5 Å². The van der Waals surface area contributed by atoms with Crippen LogP contribution in [0.2, 0.25) is 0 Å². The van der Waals surface area contributed by atoms with Crippen LogP contribution < -0.4 is 5.32 Å². The van der Waals surface area contributed by atoms with E-state index in [-0.39, 0.29) is 6.04 Å². The van der Waals surface area contributed by atoms with Crippen LogP contribution in [0.25, 0.3) is 0 Å². The first-order chi connectivity index (χ1) is 6.76. The van der Waals surface area contributed by atoms with Gasteiger partial charge in [-0.25, -0.2) is 0 Å². The molecular weight excluding hydrogens is 176 g/mol. The fourth-order valence-electron chi connectivity index (χ4n) is 1.25. The highest BCUT2D eigenvalue weighted by Gasteiger charge is 2.02. The number of aromatic nitrogens is 2. The molecule has 4 nitrogen and oxygen atoms in total. The van der Waals surface area contributed by atoms with Crippen LogP contribution >= 0.6 is 0 Å². The van der Waals surface area contributed by atoms with Gasteiger partial charge in [-0.15, -0.1) is 0 Å². The summed E-state index contributed by atoms with van der Waals surface area (Å²) >= 11 is 0. The molecule has 0 aliphatic carbocycles. The second-order valence-corrected chi connectivity index (χ2v) is 3.27. The van der Waals surface area contributed by atoms with Crippen molar-refractivity contribution in [2.45, 2.75) is 25.8 Å². The molecule has 14 heavy (non-hydrogen) atoms. The van der Waals surface area contributed by atoms with Crippen molar-refractivity contribution < 1.29 is 0 Å². The lowest BCUT2D eigenvalue weighted by Gasteiger charge is -2.06. The summed E-state index contributed by atoms with van der Waals surface area (Å²) in [4.78, 5) is 0. The molecular formula is C10H16N4. The third-order valence-electron chi connectivity index (χ3n) is 2.10. The van der Waals surface area contributed by atoms with Crippen molar-refractivity contribution >= 4 is 0 Å². The van der Waals surface area contributed by atoms with Gasteiger partial charge in [-0.2, -0.15) is 10.4 Å². The van der Waals surface area contributed by atoms with Gasteiger partial charge in [0, 0.05) is 26.2 Å². The van der Waals surface area contributed by atoms with Crippen molar-refractivity contribution in [3.63, 3.8) is 0 Å². The minimum atomic E-state index is -0.0290. The van der Waals surface area contributed by atoms with Gasteiger partial charge >= 0.3 is 0 Å². The molecule has 1 aromatic rings. The molecule has 4 heteroatoms. The van der Waals surface area contributed by atoms with Crippen LogP contribution in [0.3, 0.4) is 0 Å². The zero-order valence-electron chi connectivity index (χ0n) is 8.70. The van der Waals surface area contributed by atoms with Crippen LogP contribution in [-0.2, 0) is 13.5 Å². The Kier molecular flexibility index (Phi) is 4.14. The van der Waals surface area contributed by atoms with Gasteiger partial charge in [-0.1, -0.05) is 6.92 Å². The summed E-state index contributed by atoms with van der Waals surface area (Å²) in [7, 11) is 1.90. The molecule has 0 amide bonds. The summed E-state index contributed by atoms with van der Waals surface area (Å²) in [6.07, 6.45) is 3.65. The molecule has 1 aromatic heterocycles. The van der Waals surface area contributed by atoms with Crippen molar-refractivity contribution in [2.24, 2.45) is 7.05 Å². The lowest BCUT2D eigenvalue weighted by atomic mass is 10.2. The smallest absolute Gasteiger partial charge is 0.0950 e. The van der Waals surface area contributed by atoms with Gasteiger partial charge in [0.1, 0.15) is 0 Å². The van der Waals surface area contributed by atoms with Crippen LogP contribution in [0.15, 0.2) is 12.3 Å². The molecule has 0 saturated carbocycles. The Morgan fingerprint density at radius 2 is 2.50 bits per heavy atom. The number of hydrogen-bond acceptors (Lipinski definition) is 3. The number of nitrogens with zero attached hydrogens (tertiary/aromatic N) is 3. The highest BCUT2D eigenvalue weighted by atomic mass is 15.2. The maximum atomic E-state index is 8.70. The Morgan fingerprint density at radius 3 is 3.00 bits per heavy atom. The molecule has 1 unspecified atom stereocenters. The van der Waals surface area contributed by atoms with Crippen molar-refractivity contribution in [3.8, 4) is 6.07 Å². The normalized spacial score (nSPS) is 12.4. The van der Waals surface area contributed by atoms with Gasteiger partial charge in [0.25, 0.3) is 0 Å². The van der Waals surface area contributed by atoms with E-state index < -0.39 is 0 Å². The van der Waals surface area contributed by atoms with E-state index in [1.165, 1.54) is 0 Å². The quantitative estimate of drug-likeness (QED) is 0.752. The fourth-order valence-corrected chi connectivity index (χ4v) is 1.25. The molecule has 0 fully saturated rings. The first-order valence-electron chi connectivity index (χ1n) is 4.87. The van der Waals surface area contributed by atoms with Gasteiger partial charge < -0.3 is 5.32 Å². The third-order valence-corrected chi connectivity index (χ3v) is 2.10. The largest absolute Gasteiger partial charge is 0.302 e. The fraction of sp³-hybridized carbons (Fsp3) is 0.600. The monoisotopic (exact) mass is 192 g/mol. The first kappa shape index (κ1) is 10.7. The van der Waals surface area contributed by atoms with Gasteiger partial charge in [-0.3, -0.25) is 4.68 Å². The molecule has 0 bridgehead atoms. The molecule has 0 aliphatic heterocycles. The zero-order valence-corrected chi connectivity index (χ0v) is 8.70. The van der Waals surface area contributed by atoms with Gasteiger partial charge in [0.2, 0.25) is 0 Å². The minimum absolute atomic E-state index is 0.0290. The van der Waals surface area contributed by atoms with E-state index in [9.17, 15) is 0 Å². The van der Waals surface area contributed by atoms with Gasteiger partial charge in [0.05, 0.1) is 17.8 Å². The summed E-state index contributed by atoms with van der Waals surface area (Å²) < 4.78 is 1.79. The number of nitriles is 1. The summed E-state index contributed by atoms with van der Waals surface area (Å²) in [5.41, 5.74) is 1.06. The average molecular weight is 192 g/mol. The second-order valence-electron chi connectivity index (χ2n) is 3.27. The molecule has 0 radical (unpaired) electrons. The highest BCUT2D eigenvalue weighted by Crippen LogP contribution is 1.95. The maximum absolute atomic E-state index is 8.70. The van der Waals surface area contributed by atoms with E-state index in [1.807, 2.05) is 26.2 Å². The number of aryl methyl sites for hydroxylation is 1. The maximum Gasteiger partial charge on any atom is 0.0950 e. The standard InChI is InChI=1S/C10H16N4/c1-3-9(8-11)12-6-4-10-5-7-14(2)13-10/h5,7,9,12H,3-4,6H2,1-2H3. The predicted molar refractivity (Wildman–Crippen MR) is 54.6 cm³/mol. The van der Waals surface area contributed by atoms with E-state index in [2.05, 4.69) is 16.5 Å². The summed E-state index contributed by atoms with van der Waals surface area (Å²) in [6, 6.07) is 4.17. The van der Waals surface area contributed by atoms with Crippen molar-refractivity contribution in [3.05, 3.63) is 18.0 Å². The number of rotatable bonds is 5. The number of hydrogen-bond donors (Lipinski definition) is 1. The van der Waals surface area contributed by atoms with Crippen LogP contribution in [0.1, 0.15) is 19.0 Å². The van der Waals surface area contributed by atoms with Crippen LogP contribution in [-0.4, -0.2) is 22.4 Å². The molecule has 0 spiro atoms. The molecule has 1 rings (SSSR count). The molecule has 1 atom stereocenters. The lowest BCUT2D eigenvalue weighted by molar-refractivity contribution is 0.582. The summed E-state index contributed by atoms with van der Waals surface area (Å²) in [5, 5.41) is 16.1. The topological polar surface area (TPSA) is 53.6 Å². The third kappa shape index (κ3) is 3.19. The molecule has 1 heterocycles. The van der Waals surface area contributed by atoms with Crippen LogP contribution in [0, 0.1) is 11.3 Å². The minimum Gasteiger partial charge on any atom is -0.302 e. The Morgan fingerprint density at radius 1 is 1.71 bits per heavy atom. The van der Waals surface area contributed by atoms with E-state index in [0.29, 0.717) is 0 Å². The summed E-state index contributed by atoms with van der Waals surface area (Å²) in [5.74, 6) is 0. The average Bonchev–Trinajstić information content (AvgIpc) is 2.59. The lowest BCUT2D eigenvalue weighted by Crippen LogP contribution is -2.28. The van der Waals surface area contributed by atoms with Crippen molar-refractivity contribution in [1.82, 2.24) is 15.1 Å². The molecule has 1 N–H and O–H groups in total. The molecule has 76 valence electrons.